The summed E-state index contributed by atoms with van der Waals surface area (Å²) in [6, 6.07) is 0. The fraction of sp³-hybridized carbons (Fsp3) is 0.850. The van der Waals surface area contributed by atoms with E-state index in [9.17, 15) is 14.4 Å². The molecule has 0 aromatic rings. The van der Waals surface area contributed by atoms with Gasteiger partial charge >= 0.3 is 17.9 Å². The van der Waals surface area contributed by atoms with Crippen molar-refractivity contribution in [1.29, 1.82) is 0 Å². The Bertz CT molecular complexity index is 555. The molecule has 0 fully saturated rings. The number of carboxylic acid groups (broad SMARTS) is 1. The van der Waals surface area contributed by atoms with Gasteiger partial charge in [-0.05, 0) is 48.5 Å². The zero-order valence-electron chi connectivity index (χ0n) is 18.8. The van der Waals surface area contributed by atoms with Crippen molar-refractivity contribution in [3.8, 4) is 0 Å². The van der Waals surface area contributed by atoms with Gasteiger partial charge in [-0.15, -0.1) is 0 Å². The van der Waals surface area contributed by atoms with Crippen LogP contribution in [0.5, 0.6) is 0 Å². The van der Waals surface area contributed by atoms with Crippen molar-refractivity contribution in [3.63, 3.8) is 0 Å². The minimum Gasteiger partial charge on any atom is -0.480 e. The predicted molar refractivity (Wildman–Crippen MR) is 119 cm³/mol. The van der Waals surface area contributed by atoms with Crippen LogP contribution in [0.15, 0.2) is 0 Å². The lowest BCUT2D eigenvalue weighted by Crippen LogP contribution is -2.45. The van der Waals surface area contributed by atoms with E-state index in [0.29, 0.717) is 6.61 Å². The highest BCUT2D eigenvalue weighted by atomic mass is 79.9. The molecule has 0 bridgehead atoms. The van der Waals surface area contributed by atoms with E-state index in [0.717, 1.165) is 0 Å². The summed E-state index contributed by atoms with van der Waals surface area (Å²) < 4.78 is 20.8. The first-order valence-electron chi connectivity index (χ1n) is 9.48. The highest BCUT2D eigenvalue weighted by Gasteiger charge is 2.39. The van der Waals surface area contributed by atoms with Gasteiger partial charge in [-0.1, -0.05) is 31.9 Å². The number of carboxylic acids is 1. The topological polar surface area (TPSA) is 108 Å². The van der Waals surface area contributed by atoms with Crippen LogP contribution < -0.4 is 0 Å². The predicted octanol–water partition coefficient (Wildman–Crippen LogP) is 3.57. The van der Waals surface area contributed by atoms with Gasteiger partial charge < -0.3 is 24.1 Å². The number of alkyl halides is 2. The maximum atomic E-state index is 12.3. The second-order valence-corrected chi connectivity index (χ2v) is 13.6. The first kappa shape index (κ1) is 29.3. The van der Waals surface area contributed by atoms with Gasteiger partial charge in [-0.25, -0.2) is 4.79 Å². The Morgan fingerprint density at radius 1 is 0.733 bits per heavy atom. The van der Waals surface area contributed by atoms with Gasteiger partial charge in [0.2, 0.25) is 0 Å². The molecule has 8 nitrogen and oxygen atoms in total. The van der Waals surface area contributed by atoms with Crippen LogP contribution >= 0.6 is 31.9 Å². The normalized spacial score (nSPS) is 14.7. The molecule has 176 valence electrons. The Hall–Kier alpha value is -0.710. The number of esters is 2. The van der Waals surface area contributed by atoms with E-state index >= 15 is 0 Å². The van der Waals surface area contributed by atoms with Crippen molar-refractivity contribution in [2.45, 2.75) is 57.1 Å². The molecule has 0 aliphatic carbocycles. The quantitative estimate of drug-likeness (QED) is 0.268. The van der Waals surface area contributed by atoms with Crippen molar-refractivity contribution in [2.24, 2.45) is 10.8 Å². The summed E-state index contributed by atoms with van der Waals surface area (Å²) >= 11 is 6.73. The number of carbonyl (C=O) groups excluding carboxylic acids is 2. The Labute approximate surface area is 195 Å². The third-order valence-electron chi connectivity index (χ3n) is 3.60. The SMILES string of the molecule is CC(C)(Br)COCC(COCC(=O)O)(COC(=O)C(C)(C)C)COC(=O)C(C)(C)Br. The molecule has 0 aromatic heterocycles. The maximum absolute atomic E-state index is 12.3. The molecular formula is C20H34Br2O8. The molecule has 0 rings (SSSR count). The molecule has 0 amide bonds. The van der Waals surface area contributed by atoms with Gasteiger partial charge in [0.15, 0.2) is 0 Å². The molecular weight excluding hydrogens is 528 g/mol. The Morgan fingerprint density at radius 3 is 1.60 bits per heavy atom. The molecule has 1 atom stereocenters. The monoisotopic (exact) mass is 560 g/mol. The molecule has 0 aliphatic heterocycles. The lowest BCUT2D eigenvalue weighted by Gasteiger charge is -2.34. The average Bonchev–Trinajstić information content (AvgIpc) is 2.53. The summed E-state index contributed by atoms with van der Waals surface area (Å²) in [4.78, 5) is 35.5. The van der Waals surface area contributed by atoms with Gasteiger partial charge in [0, 0.05) is 4.32 Å². The highest BCUT2D eigenvalue weighted by molar-refractivity contribution is 9.10. The summed E-state index contributed by atoms with van der Waals surface area (Å²) in [5.41, 5.74) is -1.82. The number of rotatable bonds is 13. The van der Waals surface area contributed by atoms with Crippen LogP contribution in [0.2, 0.25) is 0 Å². The van der Waals surface area contributed by atoms with Gasteiger partial charge in [-0.3, -0.25) is 9.59 Å². The number of hydrogen-bond acceptors (Lipinski definition) is 7. The molecule has 0 aromatic carbocycles. The van der Waals surface area contributed by atoms with E-state index < -0.39 is 39.7 Å². The van der Waals surface area contributed by atoms with Crippen LogP contribution in [0, 0.1) is 10.8 Å². The molecule has 1 N–H and O–H groups in total. The summed E-state index contributed by atoms with van der Waals surface area (Å²) in [6.45, 7) is 11.6. The number of halogens is 2. The molecule has 0 spiro atoms. The summed E-state index contributed by atoms with van der Waals surface area (Å²) in [5.74, 6) is -2.11. The number of ether oxygens (including phenoxy) is 4. The average molecular weight is 562 g/mol. The van der Waals surface area contributed by atoms with E-state index in [1.165, 1.54) is 0 Å². The van der Waals surface area contributed by atoms with E-state index in [1.807, 2.05) is 13.8 Å². The Kier molecular flexibility index (Phi) is 11.5. The van der Waals surface area contributed by atoms with E-state index in [4.69, 9.17) is 24.1 Å². The van der Waals surface area contributed by atoms with Crippen molar-refractivity contribution in [3.05, 3.63) is 0 Å². The number of carbonyl (C=O) groups is 3. The molecule has 0 saturated heterocycles. The summed E-state index contributed by atoms with van der Waals surface area (Å²) in [5, 5.41) is 8.90. The van der Waals surface area contributed by atoms with Crippen LogP contribution in [0.1, 0.15) is 48.5 Å². The smallest absolute Gasteiger partial charge is 0.329 e. The van der Waals surface area contributed by atoms with Gasteiger partial charge in [0.1, 0.15) is 24.1 Å². The molecule has 0 saturated carbocycles. The Morgan fingerprint density at radius 2 is 1.20 bits per heavy atom. The van der Waals surface area contributed by atoms with Gasteiger partial charge in [0.05, 0.1) is 30.7 Å². The first-order valence-corrected chi connectivity index (χ1v) is 11.1. The lowest BCUT2D eigenvalue weighted by atomic mass is 9.91. The third-order valence-corrected chi connectivity index (χ3v) is 4.16. The Balaban J connectivity index is 5.56. The molecule has 1 unspecified atom stereocenters. The van der Waals surface area contributed by atoms with E-state index in [2.05, 4.69) is 31.9 Å². The van der Waals surface area contributed by atoms with Crippen LogP contribution in [0.4, 0.5) is 0 Å². The summed E-state index contributed by atoms with van der Waals surface area (Å²) in [6.07, 6.45) is 0. The second-order valence-electron chi connectivity index (χ2n) is 9.47. The molecule has 0 heterocycles. The van der Waals surface area contributed by atoms with Gasteiger partial charge in [0.25, 0.3) is 0 Å². The minimum absolute atomic E-state index is 0.0229. The highest BCUT2D eigenvalue weighted by Crippen LogP contribution is 2.27. The van der Waals surface area contributed by atoms with E-state index in [1.54, 1.807) is 34.6 Å². The van der Waals surface area contributed by atoms with Crippen molar-refractivity contribution in [1.82, 2.24) is 0 Å². The molecule has 30 heavy (non-hydrogen) atoms. The van der Waals surface area contributed by atoms with Crippen molar-refractivity contribution >= 4 is 49.8 Å². The standard InChI is InChI=1S/C20H34Br2O8/c1-17(2,3)15(25)29-12-20(10-27-8-14(23)24,11-28-9-18(4,5)21)13-30-16(26)19(6,7)22/h8-13H2,1-7H3,(H,23,24). The van der Waals surface area contributed by atoms with Crippen LogP contribution in [0.3, 0.4) is 0 Å². The van der Waals surface area contributed by atoms with Crippen molar-refractivity contribution in [2.75, 3.05) is 39.6 Å². The second kappa shape index (κ2) is 11.8. The lowest BCUT2D eigenvalue weighted by molar-refractivity contribution is -0.171. The third kappa shape index (κ3) is 12.9. The van der Waals surface area contributed by atoms with Gasteiger partial charge in [-0.2, -0.15) is 0 Å². The molecule has 0 radical (unpaired) electrons. The van der Waals surface area contributed by atoms with Crippen molar-refractivity contribution < 1.29 is 38.4 Å². The fourth-order valence-corrected chi connectivity index (χ4v) is 2.22. The minimum atomic E-state index is -1.14. The number of aliphatic carboxylic acids is 1. The molecule has 0 aliphatic rings. The van der Waals surface area contributed by atoms with E-state index in [-0.39, 0.29) is 30.8 Å². The largest absolute Gasteiger partial charge is 0.480 e. The zero-order valence-corrected chi connectivity index (χ0v) is 22.0. The zero-order chi connectivity index (χ0) is 23.8. The van der Waals surface area contributed by atoms with Crippen LogP contribution in [-0.2, 0) is 33.3 Å². The maximum Gasteiger partial charge on any atom is 0.329 e. The summed E-state index contributed by atoms with van der Waals surface area (Å²) in [7, 11) is 0. The molecule has 10 heteroatoms. The van der Waals surface area contributed by atoms with Crippen LogP contribution in [0.25, 0.3) is 0 Å². The number of hydrogen-bond donors (Lipinski definition) is 1. The van der Waals surface area contributed by atoms with Crippen LogP contribution in [-0.4, -0.2) is 71.3 Å². The first-order chi connectivity index (χ1) is 13.4. The fourth-order valence-electron chi connectivity index (χ4n) is 1.94.